The molecule has 0 spiro atoms. The van der Waals surface area contributed by atoms with Crippen LogP contribution in [-0.4, -0.2) is 45.6 Å². The molecule has 3 amide bonds. The van der Waals surface area contributed by atoms with Crippen LogP contribution in [-0.2, 0) is 16.1 Å². The zero-order valence-electron chi connectivity index (χ0n) is 29.1. The highest BCUT2D eigenvalue weighted by Crippen LogP contribution is 2.49. The molecule has 13 heteroatoms. The fourth-order valence-electron chi connectivity index (χ4n) is 6.36. The molecule has 0 unspecified atom stereocenters. The van der Waals surface area contributed by atoms with Gasteiger partial charge in [-0.15, -0.1) is 0 Å². The number of ether oxygens (including phenoxy) is 2. The molecule has 2 aliphatic carbocycles. The van der Waals surface area contributed by atoms with Gasteiger partial charge in [-0.25, -0.2) is 18.4 Å². The van der Waals surface area contributed by atoms with Crippen molar-refractivity contribution >= 4 is 40.1 Å². The van der Waals surface area contributed by atoms with Crippen LogP contribution in [0.2, 0.25) is 0 Å². The molecule has 0 radical (unpaired) electrons. The van der Waals surface area contributed by atoms with Gasteiger partial charge in [0.2, 0.25) is 11.8 Å². The minimum atomic E-state index is -1.43. The summed E-state index contributed by atoms with van der Waals surface area (Å²) in [5.74, 6) is -2.07. The standard InChI is InChI=1S/C41H34F2N6O5/c1-53-31-15-2-24(3-16-31)23-48-37-35(36(47-48)25-4-6-26(7-5-25)38(50)46-28-10-11-28)34(18-21-45-37)54-33-17-14-30(22-32(33)43)49(29-12-8-27(42)9-13-29)40(52)41(19-20-41)39(44)51/h2-9,12-18,21-22,28H,10-11,19-20,23H2,1H3,(H2,44,51)(H,46,50). The van der Waals surface area contributed by atoms with Crippen LogP contribution in [0.3, 0.4) is 0 Å². The zero-order chi connectivity index (χ0) is 37.6. The molecule has 8 rings (SSSR count). The average Bonchev–Trinajstić information content (AvgIpc) is 4.12. The Balaban J connectivity index is 1.17. The number of anilines is 2. The number of carbonyl (C=O) groups is 3. The Morgan fingerprint density at radius 3 is 2.24 bits per heavy atom. The summed E-state index contributed by atoms with van der Waals surface area (Å²) in [4.78, 5) is 44.6. The molecule has 0 atom stereocenters. The molecule has 0 bridgehead atoms. The number of hydrogen-bond donors (Lipinski definition) is 2. The Hall–Kier alpha value is -6.63. The predicted octanol–water partition coefficient (Wildman–Crippen LogP) is 7.05. The predicted molar refractivity (Wildman–Crippen MR) is 196 cm³/mol. The van der Waals surface area contributed by atoms with E-state index in [0.29, 0.717) is 40.1 Å². The van der Waals surface area contributed by atoms with Crippen molar-refractivity contribution in [2.24, 2.45) is 11.1 Å². The summed E-state index contributed by atoms with van der Waals surface area (Å²) >= 11 is 0. The van der Waals surface area contributed by atoms with E-state index in [4.69, 9.17) is 20.3 Å². The highest BCUT2D eigenvalue weighted by molar-refractivity contribution is 6.16. The first-order valence-corrected chi connectivity index (χ1v) is 17.4. The Bertz CT molecular complexity index is 2410. The quantitative estimate of drug-likeness (QED) is 0.129. The van der Waals surface area contributed by atoms with Crippen LogP contribution in [0.4, 0.5) is 20.2 Å². The topological polar surface area (TPSA) is 142 Å². The molecule has 3 N–H and O–H groups in total. The summed E-state index contributed by atoms with van der Waals surface area (Å²) in [5.41, 5.74) is 7.62. The number of benzene rings is 4. The maximum atomic E-state index is 16.1. The van der Waals surface area contributed by atoms with Crippen LogP contribution in [0, 0.1) is 17.0 Å². The first-order valence-electron chi connectivity index (χ1n) is 17.4. The van der Waals surface area contributed by atoms with Crippen molar-refractivity contribution in [3.63, 3.8) is 0 Å². The lowest BCUT2D eigenvalue weighted by Crippen LogP contribution is -2.41. The van der Waals surface area contributed by atoms with E-state index < -0.39 is 28.9 Å². The van der Waals surface area contributed by atoms with E-state index in [0.717, 1.165) is 24.5 Å². The number of nitrogens with one attached hydrogen (secondary N) is 1. The second kappa shape index (κ2) is 13.7. The molecular weight excluding hydrogens is 694 g/mol. The highest BCUT2D eigenvalue weighted by Gasteiger charge is 2.57. The summed E-state index contributed by atoms with van der Waals surface area (Å²) in [6.07, 6.45) is 4.00. The lowest BCUT2D eigenvalue weighted by atomic mass is 10.0. The van der Waals surface area contributed by atoms with E-state index in [9.17, 15) is 18.8 Å². The third-order valence-electron chi connectivity index (χ3n) is 9.73. The second-order valence-electron chi connectivity index (χ2n) is 13.5. The van der Waals surface area contributed by atoms with E-state index in [2.05, 4.69) is 10.3 Å². The number of halogens is 2. The number of nitrogens with two attached hydrogens (primary N) is 1. The van der Waals surface area contributed by atoms with Gasteiger partial charge < -0.3 is 20.5 Å². The lowest BCUT2D eigenvalue weighted by Gasteiger charge is -2.26. The molecule has 4 aromatic carbocycles. The molecule has 2 aromatic heterocycles. The van der Waals surface area contributed by atoms with E-state index in [-0.39, 0.29) is 47.7 Å². The molecule has 6 aromatic rings. The molecular formula is C41H34F2N6O5. The van der Waals surface area contributed by atoms with E-state index in [1.807, 2.05) is 24.3 Å². The highest BCUT2D eigenvalue weighted by atomic mass is 19.1. The zero-order valence-corrected chi connectivity index (χ0v) is 29.1. The fourth-order valence-corrected chi connectivity index (χ4v) is 6.36. The fraction of sp³-hybridized carbons (Fsp3) is 0.195. The van der Waals surface area contributed by atoms with Gasteiger partial charge in [0.1, 0.15) is 28.4 Å². The largest absolute Gasteiger partial charge is 0.497 e. The van der Waals surface area contributed by atoms with Gasteiger partial charge in [0.25, 0.3) is 5.91 Å². The van der Waals surface area contributed by atoms with Crippen molar-refractivity contribution in [2.75, 3.05) is 12.0 Å². The molecule has 0 saturated heterocycles. The van der Waals surface area contributed by atoms with Gasteiger partial charge in [-0.3, -0.25) is 19.3 Å². The molecule has 272 valence electrons. The smallest absolute Gasteiger partial charge is 0.251 e. The van der Waals surface area contributed by atoms with Crippen LogP contribution in [0.5, 0.6) is 17.2 Å². The number of primary amides is 1. The third-order valence-corrected chi connectivity index (χ3v) is 9.73. The number of carbonyl (C=O) groups excluding carboxylic acids is 3. The van der Waals surface area contributed by atoms with Crippen LogP contribution in [0.15, 0.2) is 103 Å². The second-order valence-corrected chi connectivity index (χ2v) is 13.5. The van der Waals surface area contributed by atoms with Gasteiger partial charge in [0, 0.05) is 35.1 Å². The summed E-state index contributed by atoms with van der Waals surface area (Å²) < 4.78 is 43.2. The van der Waals surface area contributed by atoms with E-state index >= 15 is 4.39 Å². The van der Waals surface area contributed by atoms with Crippen molar-refractivity contribution in [2.45, 2.75) is 38.3 Å². The third kappa shape index (κ3) is 6.60. The van der Waals surface area contributed by atoms with Gasteiger partial charge in [-0.2, -0.15) is 5.10 Å². The number of fused-ring (bicyclic) bond motifs is 1. The molecule has 54 heavy (non-hydrogen) atoms. The van der Waals surface area contributed by atoms with E-state index in [1.165, 1.54) is 41.3 Å². The minimum absolute atomic E-state index is 0.0997. The van der Waals surface area contributed by atoms with Crippen molar-refractivity contribution < 1.29 is 32.6 Å². The van der Waals surface area contributed by atoms with Crippen molar-refractivity contribution in [3.05, 3.63) is 126 Å². The molecule has 2 aliphatic rings. The maximum absolute atomic E-state index is 16.1. The van der Waals surface area contributed by atoms with Gasteiger partial charge in [-0.05, 0) is 98.0 Å². The summed E-state index contributed by atoms with van der Waals surface area (Å²) in [5, 5.41) is 8.43. The first-order chi connectivity index (χ1) is 26.1. The van der Waals surface area contributed by atoms with Crippen LogP contribution < -0.4 is 25.4 Å². The number of nitrogens with zero attached hydrogens (tertiary/aromatic N) is 4. The average molecular weight is 729 g/mol. The maximum Gasteiger partial charge on any atom is 0.251 e. The summed E-state index contributed by atoms with van der Waals surface area (Å²) in [6, 6.07) is 25.5. The molecule has 2 saturated carbocycles. The Morgan fingerprint density at radius 1 is 0.907 bits per heavy atom. The minimum Gasteiger partial charge on any atom is -0.497 e. The van der Waals surface area contributed by atoms with Crippen molar-refractivity contribution in [1.29, 1.82) is 0 Å². The number of methoxy groups -OCH3 is 1. The molecule has 11 nitrogen and oxygen atoms in total. The van der Waals surface area contributed by atoms with Gasteiger partial charge in [-0.1, -0.05) is 24.3 Å². The number of rotatable bonds is 12. The number of aromatic nitrogens is 3. The van der Waals surface area contributed by atoms with Gasteiger partial charge >= 0.3 is 0 Å². The van der Waals surface area contributed by atoms with E-state index in [1.54, 1.807) is 48.3 Å². The number of pyridine rings is 1. The molecule has 2 heterocycles. The van der Waals surface area contributed by atoms with Crippen molar-refractivity contribution in [3.8, 4) is 28.5 Å². The SMILES string of the molecule is COc1ccc(Cn2nc(-c3ccc(C(=O)NC4CC4)cc3)c3c(Oc4ccc(N(C(=O)C5(C(N)=O)CC5)c5ccc(F)cc5)cc4F)ccnc32)cc1. The van der Waals surface area contributed by atoms with Crippen LogP contribution in [0.25, 0.3) is 22.3 Å². The first kappa shape index (κ1) is 34.5. The van der Waals surface area contributed by atoms with Crippen LogP contribution >= 0.6 is 0 Å². The van der Waals surface area contributed by atoms with Crippen molar-refractivity contribution in [1.82, 2.24) is 20.1 Å². The van der Waals surface area contributed by atoms with Crippen LogP contribution in [0.1, 0.15) is 41.6 Å². The monoisotopic (exact) mass is 728 g/mol. The number of hydrogen-bond acceptors (Lipinski definition) is 7. The molecule has 2 fully saturated rings. The summed E-state index contributed by atoms with van der Waals surface area (Å²) in [6.45, 7) is 0.349. The Labute approximate surface area is 308 Å². The summed E-state index contributed by atoms with van der Waals surface area (Å²) in [7, 11) is 1.60. The Morgan fingerprint density at radius 2 is 1.61 bits per heavy atom. The van der Waals surface area contributed by atoms with Gasteiger partial charge in [0.05, 0.1) is 24.7 Å². The normalized spacial score (nSPS) is 14.4. The number of amides is 3. The lowest BCUT2D eigenvalue weighted by molar-refractivity contribution is -0.133. The molecule has 0 aliphatic heterocycles. The Kier molecular flexibility index (Phi) is 8.76. The van der Waals surface area contributed by atoms with Gasteiger partial charge in [0.15, 0.2) is 17.2 Å².